The van der Waals surface area contributed by atoms with Gasteiger partial charge in [0.15, 0.2) is 0 Å². The van der Waals surface area contributed by atoms with E-state index in [0.29, 0.717) is 0 Å². The van der Waals surface area contributed by atoms with Gasteiger partial charge in [0.1, 0.15) is 0 Å². The first-order valence-electron chi connectivity index (χ1n) is 6.37. The van der Waals surface area contributed by atoms with Crippen molar-refractivity contribution in [3.63, 3.8) is 0 Å². The third-order valence-electron chi connectivity index (χ3n) is 2.79. The van der Waals surface area contributed by atoms with Crippen molar-refractivity contribution in [3.8, 4) is 0 Å². The Kier molecular flexibility index (Phi) is 8.94. The van der Waals surface area contributed by atoms with Gasteiger partial charge in [0.25, 0.3) is 0 Å². The van der Waals surface area contributed by atoms with E-state index in [1.54, 1.807) is 7.11 Å². The van der Waals surface area contributed by atoms with Gasteiger partial charge in [-0.1, -0.05) is 38.3 Å². The van der Waals surface area contributed by atoms with Crippen LogP contribution in [0.25, 0.3) is 0 Å². The number of halogens is 2. The van der Waals surface area contributed by atoms with E-state index in [1.165, 1.54) is 29.3 Å². The predicted molar refractivity (Wildman–Crippen MR) is 84.1 cm³/mol. The molecule has 1 aromatic carbocycles. The van der Waals surface area contributed by atoms with Crippen LogP contribution in [-0.4, -0.2) is 26.8 Å². The molecule has 4 heteroatoms. The molecule has 1 aromatic rings. The molecule has 0 aliphatic heterocycles. The summed E-state index contributed by atoms with van der Waals surface area (Å²) < 4.78 is 7.35. The lowest BCUT2D eigenvalue weighted by Crippen LogP contribution is -2.20. The van der Waals surface area contributed by atoms with Crippen LogP contribution in [0.1, 0.15) is 24.8 Å². The minimum Gasteiger partial charge on any atom is -0.383 e. The van der Waals surface area contributed by atoms with Gasteiger partial charge < -0.3 is 10.1 Å². The van der Waals surface area contributed by atoms with Crippen LogP contribution in [0.3, 0.4) is 0 Å². The minimum atomic E-state index is 0.797. The topological polar surface area (TPSA) is 21.3 Å². The molecule has 0 bridgehead atoms. The van der Waals surface area contributed by atoms with Gasteiger partial charge in [0.05, 0.1) is 6.61 Å². The van der Waals surface area contributed by atoms with Gasteiger partial charge >= 0.3 is 0 Å². The van der Waals surface area contributed by atoms with Crippen LogP contribution in [0, 0.1) is 0 Å². The molecule has 0 unspecified atom stereocenters. The third kappa shape index (κ3) is 6.88. The fourth-order valence-electron chi connectivity index (χ4n) is 1.78. The minimum absolute atomic E-state index is 0.797. The van der Waals surface area contributed by atoms with Crippen molar-refractivity contribution < 1.29 is 4.74 Å². The molecule has 2 nitrogen and oxygen atoms in total. The largest absolute Gasteiger partial charge is 0.383 e. The van der Waals surface area contributed by atoms with Gasteiger partial charge in [0.2, 0.25) is 0 Å². The number of hydrogen-bond donors (Lipinski definition) is 1. The van der Waals surface area contributed by atoms with Crippen molar-refractivity contribution >= 4 is 31.9 Å². The van der Waals surface area contributed by atoms with E-state index in [1.807, 2.05) is 0 Å². The quantitative estimate of drug-likeness (QED) is 0.651. The maximum Gasteiger partial charge on any atom is 0.0587 e. The van der Waals surface area contributed by atoms with Crippen LogP contribution in [0.4, 0.5) is 0 Å². The van der Waals surface area contributed by atoms with Gasteiger partial charge in [0, 0.05) is 22.6 Å². The summed E-state index contributed by atoms with van der Waals surface area (Å²) in [5.41, 5.74) is 1.39. The van der Waals surface area contributed by atoms with E-state index in [0.717, 1.165) is 30.6 Å². The van der Waals surface area contributed by atoms with Crippen LogP contribution in [0.2, 0.25) is 0 Å². The monoisotopic (exact) mass is 377 g/mol. The molecule has 102 valence electrons. The molecule has 0 spiro atoms. The van der Waals surface area contributed by atoms with Crippen molar-refractivity contribution in [1.82, 2.24) is 5.32 Å². The van der Waals surface area contributed by atoms with Crippen molar-refractivity contribution in [3.05, 3.63) is 32.7 Å². The van der Waals surface area contributed by atoms with E-state index < -0.39 is 0 Å². The zero-order valence-corrected chi connectivity index (χ0v) is 14.0. The Balaban J connectivity index is 2.09. The van der Waals surface area contributed by atoms with Gasteiger partial charge in [-0.15, -0.1) is 0 Å². The zero-order valence-electron chi connectivity index (χ0n) is 10.8. The first-order valence-corrected chi connectivity index (χ1v) is 7.96. The summed E-state index contributed by atoms with van der Waals surface area (Å²) in [6, 6.07) is 6.36. The molecule has 1 N–H and O–H groups in total. The molecule has 1 rings (SSSR count). The first-order chi connectivity index (χ1) is 8.74. The number of unbranched alkanes of at least 4 members (excludes halogenated alkanes) is 2. The van der Waals surface area contributed by atoms with E-state index in [-0.39, 0.29) is 0 Å². The van der Waals surface area contributed by atoms with Gasteiger partial charge in [-0.2, -0.15) is 0 Å². The number of nitrogens with one attached hydrogen (secondary N) is 1. The smallest absolute Gasteiger partial charge is 0.0587 e. The zero-order chi connectivity index (χ0) is 13.2. The van der Waals surface area contributed by atoms with Gasteiger partial charge in [-0.05, 0) is 49.6 Å². The Bertz CT molecular complexity index is 345. The molecular formula is C14H21Br2NO. The Morgan fingerprint density at radius 2 is 1.94 bits per heavy atom. The summed E-state index contributed by atoms with van der Waals surface area (Å²) in [6.45, 7) is 2.84. The van der Waals surface area contributed by atoms with Crippen molar-refractivity contribution in [2.45, 2.75) is 25.7 Å². The van der Waals surface area contributed by atoms with Crippen molar-refractivity contribution in [2.75, 3.05) is 26.8 Å². The van der Waals surface area contributed by atoms with Crippen LogP contribution in [0.15, 0.2) is 27.1 Å². The normalized spacial score (nSPS) is 10.8. The van der Waals surface area contributed by atoms with Crippen LogP contribution in [0.5, 0.6) is 0 Å². The van der Waals surface area contributed by atoms with Crippen LogP contribution < -0.4 is 5.32 Å². The van der Waals surface area contributed by atoms with E-state index in [9.17, 15) is 0 Å². The SMILES string of the molecule is COCCNCCCCCc1cc(Br)ccc1Br. The molecule has 0 saturated heterocycles. The Morgan fingerprint density at radius 3 is 2.72 bits per heavy atom. The van der Waals surface area contributed by atoms with E-state index in [2.05, 4.69) is 55.4 Å². The molecule has 0 aromatic heterocycles. The summed E-state index contributed by atoms with van der Waals surface area (Å²) in [4.78, 5) is 0. The second-order valence-electron chi connectivity index (χ2n) is 4.29. The van der Waals surface area contributed by atoms with E-state index in [4.69, 9.17) is 4.74 Å². The molecule has 0 radical (unpaired) electrons. The maximum atomic E-state index is 4.98. The lowest BCUT2D eigenvalue weighted by atomic mass is 10.1. The Labute approximate surface area is 127 Å². The third-order valence-corrected chi connectivity index (χ3v) is 4.06. The predicted octanol–water partition coefficient (Wildman–Crippen LogP) is 4.16. The first kappa shape index (κ1) is 16.2. The molecule has 18 heavy (non-hydrogen) atoms. The molecule has 0 aliphatic carbocycles. The molecule has 0 fully saturated rings. The summed E-state index contributed by atoms with van der Waals surface area (Å²) in [5, 5.41) is 3.36. The second-order valence-corrected chi connectivity index (χ2v) is 6.06. The second kappa shape index (κ2) is 9.96. The lowest BCUT2D eigenvalue weighted by molar-refractivity contribution is 0.199. The Morgan fingerprint density at radius 1 is 1.11 bits per heavy atom. The summed E-state index contributed by atoms with van der Waals surface area (Å²) >= 11 is 7.11. The summed E-state index contributed by atoms with van der Waals surface area (Å²) in [6.07, 6.45) is 4.87. The molecule has 0 saturated carbocycles. The van der Waals surface area contributed by atoms with Crippen LogP contribution in [-0.2, 0) is 11.2 Å². The number of rotatable bonds is 9. The van der Waals surface area contributed by atoms with Gasteiger partial charge in [-0.3, -0.25) is 0 Å². The highest BCUT2D eigenvalue weighted by Gasteiger charge is 2.00. The van der Waals surface area contributed by atoms with Crippen LogP contribution >= 0.6 is 31.9 Å². The van der Waals surface area contributed by atoms with Crippen molar-refractivity contribution in [2.24, 2.45) is 0 Å². The molecule has 0 heterocycles. The number of ether oxygens (including phenoxy) is 1. The average molecular weight is 379 g/mol. The summed E-state index contributed by atoms with van der Waals surface area (Å²) in [7, 11) is 1.73. The highest BCUT2D eigenvalue weighted by molar-refractivity contribution is 9.11. The van der Waals surface area contributed by atoms with E-state index >= 15 is 0 Å². The summed E-state index contributed by atoms with van der Waals surface area (Å²) in [5.74, 6) is 0. The number of aryl methyl sites for hydroxylation is 1. The highest BCUT2D eigenvalue weighted by atomic mass is 79.9. The molecule has 0 amide bonds. The fourth-order valence-corrected chi connectivity index (χ4v) is 2.63. The number of methoxy groups -OCH3 is 1. The number of hydrogen-bond acceptors (Lipinski definition) is 2. The van der Waals surface area contributed by atoms with Gasteiger partial charge in [-0.25, -0.2) is 0 Å². The molecule has 0 atom stereocenters. The van der Waals surface area contributed by atoms with Crippen molar-refractivity contribution in [1.29, 1.82) is 0 Å². The lowest BCUT2D eigenvalue weighted by Gasteiger charge is -2.06. The fraction of sp³-hybridized carbons (Fsp3) is 0.571. The number of benzene rings is 1. The maximum absolute atomic E-state index is 4.98. The standard InChI is InChI=1S/C14H21Br2NO/c1-18-10-9-17-8-4-2-3-5-12-11-13(15)6-7-14(12)16/h6-7,11,17H,2-5,8-10H2,1H3. The average Bonchev–Trinajstić information content (AvgIpc) is 2.36. The highest BCUT2D eigenvalue weighted by Crippen LogP contribution is 2.23. The molecule has 0 aliphatic rings. The Hall–Kier alpha value is 0.1000. The molecular weight excluding hydrogens is 358 g/mol.